The molecule has 168 valence electrons. The fourth-order valence-electron chi connectivity index (χ4n) is 3.08. The molecule has 0 aromatic carbocycles. The van der Waals surface area contributed by atoms with Crippen LogP contribution in [0.4, 0.5) is 0 Å². The van der Waals surface area contributed by atoms with Crippen LogP contribution in [0.5, 0.6) is 0 Å². The van der Waals surface area contributed by atoms with E-state index in [1.54, 1.807) is 23.0 Å². The van der Waals surface area contributed by atoms with Gasteiger partial charge in [0.25, 0.3) is 0 Å². The summed E-state index contributed by atoms with van der Waals surface area (Å²) in [5, 5.41) is 16.9. The molecular formula is C18H33IN4O4S2. The Morgan fingerprint density at radius 2 is 2.00 bits per heavy atom. The average Bonchev–Trinajstić information content (AvgIpc) is 2.99. The van der Waals surface area contributed by atoms with Crippen LogP contribution in [0.25, 0.3) is 0 Å². The van der Waals surface area contributed by atoms with Crippen LogP contribution in [0, 0.1) is 13.8 Å². The number of nitrogens with one attached hydrogen (secondary N) is 2. The van der Waals surface area contributed by atoms with E-state index in [1.165, 1.54) is 0 Å². The first-order valence-electron chi connectivity index (χ1n) is 9.53. The lowest BCUT2D eigenvalue weighted by atomic mass is 9.96. The summed E-state index contributed by atoms with van der Waals surface area (Å²) in [7, 11) is -3.27. The molecule has 11 heteroatoms. The van der Waals surface area contributed by atoms with E-state index in [0.717, 1.165) is 17.3 Å². The van der Waals surface area contributed by atoms with Crippen LogP contribution in [0.15, 0.2) is 15.5 Å². The smallest absolute Gasteiger partial charge is 0.215 e. The predicted molar refractivity (Wildman–Crippen MR) is 130 cm³/mol. The lowest BCUT2D eigenvalue weighted by molar-refractivity contribution is 0.0657. The van der Waals surface area contributed by atoms with Gasteiger partial charge < -0.3 is 20.2 Å². The Morgan fingerprint density at radius 3 is 2.55 bits per heavy atom. The van der Waals surface area contributed by atoms with Gasteiger partial charge in [0.05, 0.1) is 12.3 Å². The standard InChI is InChI=1S/C18H32N4O4S2.HI/c1-5-19-17(20-6-11-28(24,25)22-7-9-27-10-8-22)21-13-18(4,23)16-12-14(2)26-15(16)3;/h12,23H,5-11,13H2,1-4H3,(H2,19,20,21);1H. The number of aliphatic hydroxyl groups is 1. The monoisotopic (exact) mass is 560 g/mol. The summed E-state index contributed by atoms with van der Waals surface area (Å²) >= 11 is 1.78. The molecule has 8 nitrogen and oxygen atoms in total. The van der Waals surface area contributed by atoms with Crippen molar-refractivity contribution in [1.82, 2.24) is 14.9 Å². The van der Waals surface area contributed by atoms with Crippen LogP contribution in [0.2, 0.25) is 0 Å². The third-order valence-corrected chi connectivity index (χ3v) is 7.34. The topological polar surface area (TPSA) is 107 Å². The van der Waals surface area contributed by atoms with Gasteiger partial charge in [0.1, 0.15) is 17.1 Å². The number of furan rings is 1. The van der Waals surface area contributed by atoms with Gasteiger partial charge in [-0.3, -0.25) is 0 Å². The van der Waals surface area contributed by atoms with E-state index in [1.807, 2.05) is 26.8 Å². The summed E-state index contributed by atoms with van der Waals surface area (Å²) in [6.07, 6.45) is 0. The number of hydrogen-bond donors (Lipinski definition) is 3. The lowest BCUT2D eigenvalue weighted by Crippen LogP contribution is -2.44. The molecule has 3 N–H and O–H groups in total. The van der Waals surface area contributed by atoms with E-state index >= 15 is 0 Å². The highest BCUT2D eigenvalue weighted by molar-refractivity contribution is 14.0. The van der Waals surface area contributed by atoms with Crippen molar-refractivity contribution in [2.75, 3.05) is 50.0 Å². The Labute approximate surface area is 195 Å². The van der Waals surface area contributed by atoms with Gasteiger partial charge in [-0.15, -0.1) is 24.0 Å². The normalized spacial score (nSPS) is 18.0. The third kappa shape index (κ3) is 7.93. The van der Waals surface area contributed by atoms with Gasteiger partial charge in [-0.1, -0.05) is 0 Å². The van der Waals surface area contributed by atoms with E-state index in [9.17, 15) is 13.5 Å². The largest absolute Gasteiger partial charge is 0.466 e. The average molecular weight is 561 g/mol. The minimum atomic E-state index is -3.27. The Bertz CT molecular complexity index is 775. The molecule has 0 bridgehead atoms. The minimum Gasteiger partial charge on any atom is -0.466 e. The molecule has 29 heavy (non-hydrogen) atoms. The highest BCUT2D eigenvalue weighted by atomic mass is 127. The van der Waals surface area contributed by atoms with Crippen LogP contribution in [-0.4, -0.2) is 73.8 Å². The summed E-state index contributed by atoms with van der Waals surface area (Å²) in [6, 6.07) is 1.81. The number of hydrogen-bond acceptors (Lipinski definition) is 6. The number of sulfonamides is 1. The molecule has 1 aliphatic rings. The number of aliphatic imine (C=N–C) groups is 1. The van der Waals surface area contributed by atoms with E-state index in [-0.39, 0.29) is 42.8 Å². The van der Waals surface area contributed by atoms with E-state index in [4.69, 9.17) is 4.42 Å². The zero-order chi connectivity index (χ0) is 20.8. The summed E-state index contributed by atoms with van der Waals surface area (Å²) < 4.78 is 31.9. The number of nitrogens with zero attached hydrogens (tertiary/aromatic N) is 2. The van der Waals surface area contributed by atoms with Crippen molar-refractivity contribution in [2.45, 2.75) is 33.3 Å². The molecule has 1 aromatic heterocycles. The van der Waals surface area contributed by atoms with Crippen LogP contribution >= 0.6 is 35.7 Å². The van der Waals surface area contributed by atoms with Gasteiger partial charge in [0, 0.05) is 43.2 Å². The second-order valence-electron chi connectivity index (χ2n) is 7.05. The highest BCUT2D eigenvalue weighted by Crippen LogP contribution is 2.27. The second kappa shape index (κ2) is 11.8. The van der Waals surface area contributed by atoms with E-state index in [0.29, 0.717) is 36.9 Å². The molecule has 1 atom stereocenters. The van der Waals surface area contributed by atoms with Gasteiger partial charge in [0.2, 0.25) is 10.0 Å². The Hall–Kier alpha value is -0.500. The van der Waals surface area contributed by atoms with E-state index < -0.39 is 15.6 Å². The van der Waals surface area contributed by atoms with Crippen molar-refractivity contribution in [3.05, 3.63) is 23.2 Å². The fourth-order valence-corrected chi connectivity index (χ4v) is 5.57. The maximum absolute atomic E-state index is 12.4. The summed E-state index contributed by atoms with van der Waals surface area (Å²) in [5.74, 6) is 3.59. The molecular weight excluding hydrogens is 527 g/mol. The Balaban J connectivity index is 0.00000420. The summed E-state index contributed by atoms with van der Waals surface area (Å²) in [5.41, 5.74) is -0.475. The maximum atomic E-state index is 12.4. The molecule has 1 fully saturated rings. The Morgan fingerprint density at radius 1 is 1.34 bits per heavy atom. The second-order valence-corrected chi connectivity index (χ2v) is 10.4. The van der Waals surface area contributed by atoms with Crippen molar-refractivity contribution < 1.29 is 17.9 Å². The molecule has 1 unspecified atom stereocenters. The quantitative estimate of drug-likeness (QED) is 0.252. The van der Waals surface area contributed by atoms with E-state index in [2.05, 4.69) is 15.6 Å². The number of rotatable bonds is 8. The van der Waals surface area contributed by atoms with Crippen molar-refractivity contribution in [2.24, 2.45) is 4.99 Å². The summed E-state index contributed by atoms with van der Waals surface area (Å²) in [4.78, 5) is 4.43. The van der Waals surface area contributed by atoms with Crippen LogP contribution in [-0.2, 0) is 15.6 Å². The highest BCUT2D eigenvalue weighted by Gasteiger charge is 2.28. The van der Waals surface area contributed by atoms with Crippen LogP contribution in [0.1, 0.15) is 30.9 Å². The van der Waals surface area contributed by atoms with Crippen LogP contribution < -0.4 is 10.6 Å². The van der Waals surface area contributed by atoms with Crippen molar-refractivity contribution in [3.63, 3.8) is 0 Å². The van der Waals surface area contributed by atoms with Crippen molar-refractivity contribution >= 4 is 51.7 Å². The molecule has 1 aromatic rings. The molecule has 0 aliphatic carbocycles. The molecule has 0 amide bonds. The van der Waals surface area contributed by atoms with Gasteiger partial charge in [-0.25, -0.2) is 17.7 Å². The molecule has 1 saturated heterocycles. The lowest BCUT2D eigenvalue weighted by Gasteiger charge is -2.26. The molecule has 2 rings (SSSR count). The van der Waals surface area contributed by atoms with Crippen molar-refractivity contribution in [1.29, 1.82) is 0 Å². The SMILES string of the molecule is CCNC(=NCC(C)(O)c1cc(C)oc1C)NCCS(=O)(=O)N1CCSCC1.I. The first kappa shape index (κ1) is 26.5. The van der Waals surface area contributed by atoms with Gasteiger partial charge in [0.15, 0.2) is 5.96 Å². The molecule has 0 radical (unpaired) electrons. The molecule has 0 spiro atoms. The van der Waals surface area contributed by atoms with Crippen LogP contribution in [0.3, 0.4) is 0 Å². The maximum Gasteiger partial charge on any atom is 0.215 e. The number of guanidine groups is 1. The van der Waals surface area contributed by atoms with Gasteiger partial charge in [-0.2, -0.15) is 11.8 Å². The van der Waals surface area contributed by atoms with Crippen molar-refractivity contribution in [3.8, 4) is 0 Å². The molecule has 1 aliphatic heterocycles. The number of aryl methyl sites for hydroxylation is 2. The van der Waals surface area contributed by atoms with Gasteiger partial charge in [-0.05, 0) is 33.8 Å². The fraction of sp³-hybridized carbons (Fsp3) is 0.722. The minimum absolute atomic E-state index is 0. The number of halogens is 1. The zero-order valence-corrected chi connectivity index (χ0v) is 21.5. The Kier molecular flexibility index (Phi) is 10.8. The first-order valence-corrected chi connectivity index (χ1v) is 12.3. The summed E-state index contributed by atoms with van der Waals surface area (Å²) in [6.45, 7) is 9.44. The van der Waals surface area contributed by atoms with Gasteiger partial charge >= 0.3 is 0 Å². The predicted octanol–water partition coefficient (Wildman–Crippen LogP) is 1.66. The zero-order valence-electron chi connectivity index (χ0n) is 17.5. The third-order valence-electron chi connectivity index (χ3n) is 4.53. The number of thioether (sulfide) groups is 1. The first-order chi connectivity index (χ1) is 13.2. The molecule has 2 heterocycles. The molecule has 0 saturated carbocycles.